The van der Waals surface area contributed by atoms with Gasteiger partial charge in [-0.25, -0.2) is 0 Å². The van der Waals surface area contributed by atoms with Gasteiger partial charge in [0, 0.05) is 0 Å². The molecule has 2 amide bonds. The zero-order chi connectivity index (χ0) is 13.4. The predicted octanol–water partition coefficient (Wildman–Crippen LogP) is 0.460. The Labute approximate surface area is 109 Å². The number of rotatable bonds is 5. The number of hydrazine groups is 1. The van der Waals surface area contributed by atoms with Crippen molar-refractivity contribution in [3.63, 3.8) is 0 Å². The fraction of sp³-hybridized carbons (Fsp3) is 0.273. The molecule has 0 spiro atoms. The van der Waals surface area contributed by atoms with Crippen LogP contribution in [0.1, 0.15) is 0 Å². The van der Waals surface area contributed by atoms with E-state index in [-0.39, 0.29) is 12.5 Å². The van der Waals surface area contributed by atoms with Gasteiger partial charge in [-0.15, -0.1) is 11.6 Å². The SMILES string of the molecule is COc1ccccc1OCC(=O)NNC(=O)CCl. The summed E-state index contributed by atoms with van der Waals surface area (Å²) >= 11 is 5.24. The van der Waals surface area contributed by atoms with E-state index in [9.17, 15) is 9.59 Å². The van der Waals surface area contributed by atoms with Crippen LogP contribution in [0.2, 0.25) is 0 Å². The lowest BCUT2D eigenvalue weighted by Gasteiger charge is -2.10. The summed E-state index contributed by atoms with van der Waals surface area (Å²) in [6.07, 6.45) is 0. The highest BCUT2D eigenvalue weighted by Crippen LogP contribution is 2.25. The van der Waals surface area contributed by atoms with Gasteiger partial charge in [-0.3, -0.25) is 20.4 Å². The van der Waals surface area contributed by atoms with E-state index in [1.165, 1.54) is 7.11 Å². The normalized spacial score (nSPS) is 9.44. The fourth-order valence-corrected chi connectivity index (χ4v) is 1.16. The van der Waals surface area contributed by atoms with E-state index in [0.29, 0.717) is 11.5 Å². The summed E-state index contributed by atoms with van der Waals surface area (Å²) in [7, 11) is 1.50. The van der Waals surface area contributed by atoms with Crippen molar-refractivity contribution in [2.45, 2.75) is 0 Å². The Balaban J connectivity index is 2.40. The Bertz CT molecular complexity index is 425. The summed E-state index contributed by atoms with van der Waals surface area (Å²) in [5, 5.41) is 0. The number of nitrogens with one attached hydrogen (secondary N) is 2. The Morgan fingerprint density at radius 2 is 1.78 bits per heavy atom. The van der Waals surface area contributed by atoms with Gasteiger partial charge in [-0.05, 0) is 12.1 Å². The molecule has 1 rings (SSSR count). The van der Waals surface area contributed by atoms with Crippen molar-refractivity contribution < 1.29 is 19.1 Å². The number of carbonyl (C=O) groups excluding carboxylic acids is 2. The van der Waals surface area contributed by atoms with E-state index in [4.69, 9.17) is 21.1 Å². The molecule has 0 atom stereocenters. The van der Waals surface area contributed by atoms with Crippen molar-refractivity contribution in [2.75, 3.05) is 19.6 Å². The van der Waals surface area contributed by atoms with Crippen LogP contribution in [0.3, 0.4) is 0 Å². The molecule has 1 aromatic rings. The van der Waals surface area contributed by atoms with Crippen LogP contribution in [0.4, 0.5) is 0 Å². The van der Waals surface area contributed by atoms with Gasteiger partial charge >= 0.3 is 0 Å². The largest absolute Gasteiger partial charge is 0.493 e. The molecular weight excluding hydrogens is 260 g/mol. The number of ether oxygens (including phenoxy) is 2. The van der Waals surface area contributed by atoms with Gasteiger partial charge in [-0.2, -0.15) is 0 Å². The second kappa shape index (κ2) is 7.39. The highest BCUT2D eigenvalue weighted by Gasteiger charge is 2.07. The summed E-state index contributed by atoms with van der Waals surface area (Å²) in [5.74, 6) is -0.260. The summed E-state index contributed by atoms with van der Waals surface area (Å²) in [6, 6.07) is 6.92. The summed E-state index contributed by atoms with van der Waals surface area (Å²) in [5.41, 5.74) is 4.27. The molecule has 0 aromatic heterocycles. The van der Waals surface area contributed by atoms with E-state index >= 15 is 0 Å². The molecule has 0 radical (unpaired) electrons. The van der Waals surface area contributed by atoms with Crippen LogP contribution in [0.5, 0.6) is 11.5 Å². The molecule has 1 aromatic carbocycles. The molecule has 0 heterocycles. The molecule has 0 fully saturated rings. The number of carbonyl (C=O) groups is 2. The standard InChI is InChI=1S/C11H13ClN2O4/c1-17-8-4-2-3-5-9(8)18-7-11(16)14-13-10(15)6-12/h2-5H,6-7H2,1H3,(H,13,15)(H,14,16). The summed E-state index contributed by atoms with van der Waals surface area (Å²) in [4.78, 5) is 22.1. The molecule has 18 heavy (non-hydrogen) atoms. The average molecular weight is 273 g/mol. The minimum absolute atomic E-state index is 0.229. The first-order chi connectivity index (χ1) is 8.67. The third kappa shape index (κ3) is 4.50. The van der Waals surface area contributed by atoms with E-state index < -0.39 is 11.8 Å². The monoisotopic (exact) mass is 272 g/mol. The first-order valence-electron chi connectivity index (χ1n) is 5.07. The lowest BCUT2D eigenvalue weighted by Crippen LogP contribution is -2.44. The second-order valence-corrected chi connectivity index (χ2v) is 3.44. The van der Waals surface area contributed by atoms with Gasteiger partial charge in [0.2, 0.25) is 0 Å². The van der Waals surface area contributed by atoms with Crippen LogP contribution >= 0.6 is 11.6 Å². The first kappa shape index (κ1) is 14.1. The third-order valence-corrected chi connectivity index (χ3v) is 2.13. The van der Waals surface area contributed by atoms with E-state index in [1.54, 1.807) is 24.3 Å². The predicted molar refractivity (Wildman–Crippen MR) is 65.5 cm³/mol. The summed E-state index contributed by atoms with van der Waals surface area (Å²) < 4.78 is 10.3. The molecule has 0 saturated heterocycles. The van der Waals surface area contributed by atoms with Gasteiger partial charge in [0.25, 0.3) is 11.8 Å². The molecule has 0 unspecified atom stereocenters. The van der Waals surface area contributed by atoms with Crippen molar-refractivity contribution >= 4 is 23.4 Å². The summed E-state index contributed by atoms with van der Waals surface area (Å²) in [6.45, 7) is -0.247. The maximum absolute atomic E-state index is 11.3. The molecule has 7 heteroatoms. The van der Waals surface area contributed by atoms with Crippen LogP contribution in [0, 0.1) is 0 Å². The van der Waals surface area contributed by atoms with Crippen molar-refractivity contribution in [1.29, 1.82) is 0 Å². The molecule has 0 bridgehead atoms. The van der Waals surface area contributed by atoms with Crippen molar-refractivity contribution in [3.05, 3.63) is 24.3 Å². The molecule has 0 aliphatic rings. The number of amides is 2. The number of hydrogen-bond acceptors (Lipinski definition) is 4. The molecule has 2 N–H and O–H groups in total. The van der Waals surface area contributed by atoms with Crippen LogP contribution in [0.25, 0.3) is 0 Å². The number of para-hydroxylation sites is 2. The maximum Gasteiger partial charge on any atom is 0.276 e. The smallest absolute Gasteiger partial charge is 0.276 e. The van der Waals surface area contributed by atoms with Crippen molar-refractivity contribution in [2.24, 2.45) is 0 Å². The van der Waals surface area contributed by atoms with Gasteiger partial charge in [0.1, 0.15) is 5.88 Å². The van der Waals surface area contributed by atoms with Crippen molar-refractivity contribution in [1.82, 2.24) is 10.9 Å². The lowest BCUT2D eigenvalue weighted by atomic mass is 10.3. The highest BCUT2D eigenvalue weighted by atomic mass is 35.5. The van der Waals surface area contributed by atoms with Crippen molar-refractivity contribution in [3.8, 4) is 11.5 Å². The second-order valence-electron chi connectivity index (χ2n) is 3.17. The topological polar surface area (TPSA) is 76.7 Å². The molecule has 0 saturated carbocycles. The van der Waals surface area contributed by atoms with Crippen LogP contribution < -0.4 is 20.3 Å². The Morgan fingerprint density at radius 1 is 1.17 bits per heavy atom. The molecule has 6 nitrogen and oxygen atoms in total. The molecule has 98 valence electrons. The van der Waals surface area contributed by atoms with Gasteiger partial charge < -0.3 is 9.47 Å². The van der Waals surface area contributed by atoms with Crippen LogP contribution in [-0.4, -0.2) is 31.4 Å². The van der Waals surface area contributed by atoms with Crippen LogP contribution in [-0.2, 0) is 9.59 Å². The maximum atomic E-state index is 11.3. The molecule has 0 aliphatic carbocycles. The van der Waals surface area contributed by atoms with Gasteiger partial charge in [0.05, 0.1) is 7.11 Å². The highest BCUT2D eigenvalue weighted by molar-refractivity contribution is 6.27. The number of halogens is 1. The minimum atomic E-state index is -0.501. The van der Waals surface area contributed by atoms with E-state index in [1.807, 2.05) is 0 Å². The quantitative estimate of drug-likeness (QED) is 0.603. The zero-order valence-corrected chi connectivity index (χ0v) is 10.5. The number of methoxy groups -OCH3 is 1. The van der Waals surface area contributed by atoms with Gasteiger partial charge in [-0.1, -0.05) is 12.1 Å². The third-order valence-electron chi connectivity index (χ3n) is 1.89. The number of benzene rings is 1. The van der Waals surface area contributed by atoms with Gasteiger partial charge in [0.15, 0.2) is 18.1 Å². The van der Waals surface area contributed by atoms with Crippen LogP contribution in [0.15, 0.2) is 24.3 Å². The average Bonchev–Trinajstić information content (AvgIpc) is 2.42. The van der Waals surface area contributed by atoms with E-state index in [0.717, 1.165) is 0 Å². The molecule has 0 aliphatic heterocycles. The minimum Gasteiger partial charge on any atom is -0.493 e. The Kier molecular flexibility index (Phi) is 5.79. The Morgan fingerprint density at radius 3 is 2.39 bits per heavy atom. The van der Waals surface area contributed by atoms with E-state index in [2.05, 4.69) is 10.9 Å². The number of alkyl halides is 1. The Hall–Kier alpha value is -1.95. The fourth-order valence-electron chi connectivity index (χ4n) is 1.09. The zero-order valence-electron chi connectivity index (χ0n) is 9.73. The number of hydrogen-bond donors (Lipinski definition) is 2. The molecular formula is C11H13ClN2O4. The lowest BCUT2D eigenvalue weighted by molar-refractivity contribution is -0.128. The first-order valence-corrected chi connectivity index (χ1v) is 5.60.